The van der Waals surface area contributed by atoms with Crippen LogP contribution in [0.5, 0.6) is 5.75 Å². The van der Waals surface area contributed by atoms with Gasteiger partial charge in [-0.15, -0.1) is 0 Å². The van der Waals surface area contributed by atoms with Crippen LogP contribution in [-0.4, -0.2) is 25.0 Å². The normalized spacial score (nSPS) is 12.1. The van der Waals surface area contributed by atoms with Gasteiger partial charge >= 0.3 is 29.6 Å². The number of hydrogen-bond acceptors (Lipinski definition) is 13. The SMILES string of the molecule is COc1ccc(S(=O)(=O)[O-])cc1NN=c1ccc(=O)c(=NNc2ccc([N+](=O)[O-])c(N)c2)c1=O.[Na+]. The number of nitro benzene ring substituents is 1. The molecule has 0 radical (unpaired) electrons. The molecule has 0 saturated heterocycles. The van der Waals surface area contributed by atoms with Gasteiger partial charge in [-0.25, -0.2) is 8.42 Å². The van der Waals surface area contributed by atoms with E-state index in [2.05, 4.69) is 21.1 Å². The van der Waals surface area contributed by atoms with Gasteiger partial charge in [0.05, 0.1) is 28.3 Å². The fourth-order valence-electron chi connectivity index (χ4n) is 2.70. The second-order valence-electron chi connectivity index (χ2n) is 6.55. The average Bonchev–Trinajstić information content (AvgIpc) is 2.77. The Morgan fingerprint density at radius 3 is 2.34 bits per heavy atom. The van der Waals surface area contributed by atoms with Gasteiger partial charge in [0.15, 0.2) is 5.36 Å². The molecule has 4 N–H and O–H groups in total. The van der Waals surface area contributed by atoms with Gasteiger partial charge in [-0.3, -0.25) is 30.6 Å². The number of nitrogen functional groups attached to an aromatic ring is 1. The molecule has 176 valence electrons. The van der Waals surface area contributed by atoms with E-state index in [1.807, 2.05) is 0 Å². The molecule has 0 unspecified atom stereocenters. The van der Waals surface area contributed by atoms with Crippen molar-refractivity contribution in [3.05, 3.63) is 89.8 Å². The summed E-state index contributed by atoms with van der Waals surface area (Å²) in [5.41, 5.74) is 8.52. The van der Waals surface area contributed by atoms with E-state index in [9.17, 15) is 32.7 Å². The summed E-state index contributed by atoms with van der Waals surface area (Å²) in [6.07, 6.45) is 0. The molecule has 0 spiro atoms. The van der Waals surface area contributed by atoms with E-state index in [0.717, 1.165) is 30.3 Å². The zero-order chi connectivity index (χ0) is 25.0. The van der Waals surface area contributed by atoms with Gasteiger partial charge in [0, 0.05) is 6.07 Å². The number of nitro groups is 1. The fourth-order valence-corrected chi connectivity index (χ4v) is 3.19. The van der Waals surface area contributed by atoms with Crippen molar-refractivity contribution in [1.29, 1.82) is 0 Å². The Hall–Kier alpha value is -3.63. The van der Waals surface area contributed by atoms with E-state index in [1.165, 1.54) is 25.3 Å². The summed E-state index contributed by atoms with van der Waals surface area (Å²) in [7, 11) is -3.46. The summed E-state index contributed by atoms with van der Waals surface area (Å²) < 4.78 is 38.8. The van der Waals surface area contributed by atoms with Crippen molar-refractivity contribution < 1.29 is 52.2 Å². The molecule has 0 heterocycles. The number of benzene rings is 3. The molecule has 0 aliphatic heterocycles. The Labute approximate surface area is 218 Å². The van der Waals surface area contributed by atoms with Gasteiger partial charge in [0.2, 0.25) is 10.9 Å². The van der Waals surface area contributed by atoms with E-state index >= 15 is 0 Å². The maximum absolute atomic E-state index is 12.7. The average molecular weight is 510 g/mol. The van der Waals surface area contributed by atoms with Crippen LogP contribution in [0.4, 0.5) is 22.7 Å². The number of methoxy groups -OCH3 is 1. The first-order valence-corrected chi connectivity index (χ1v) is 10.5. The predicted octanol–water partition coefficient (Wildman–Crippen LogP) is -3.45. The smallest absolute Gasteiger partial charge is 0.744 e. The molecule has 0 saturated carbocycles. The summed E-state index contributed by atoms with van der Waals surface area (Å²) in [6.45, 7) is 0. The van der Waals surface area contributed by atoms with Crippen LogP contribution in [0.3, 0.4) is 0 Å². The molecule has 3 aromatic carbocycles. The Morgan fingerprint density at radius 2 is 1.74 bits per heavy atom. The van der Waals surface area contributed by atoms with Crippen molar-refractivity contribution in [2.45, 2.75) is 4.90 Å². The maximum atomic E-state index is 12.7. The van der Waals surface area contributed by atoms with Crippen LogP contribution in [0, 0.1) is 10.1 Å². The zero-order valence-corrected chi connectivity index (χ0v) is 21.0. The molecule has 0 fully saturated rings. The van der Waals surface area contributed by atoms with Crippen molar-refractivity contribution in [3.8, 4) is 5.75 Å². The monoisotopic (exact) mass is 510 g/mol. The van der Waals surface area contributed by atoms with Gasteiger partial charge in [0.25, 0.3) is 5.69 Å². The minimum atomic E-state index is -4.76. The molecule has 16 heteroatoms. The molecular weight excluding hydrogens is 495 g/mol. The third-order valence-corrected chi connectivity index (χ3v) is 5.18. The molecular formula is C19H15N6NaO8S. The number of anilines is 3. The van der Waals surface area contributed by atoms with Crippen LogP contribution >= 0.6 is 0 Å². The van der Waals surface area contributed by atoms with Gasteiger partial charge < -0.3 is 15.0 Å². The Morgan fingerprint density at radius 1 is 1.03 bits per heavy atom. The van der Waals surface area contributed by atoms with E-state index in [1.54, 1.807) is 0 Å². The number of nitrogens with one attached hydrogen (secondary N) is 2. The second kappa shape index (κ2) is 11.2. The largest absolute Gasteiger partial charge is 1.00 e. The van der Waals surface area contributed by atoms with Crippen LogP contribution in [0.25, 0.3) is 0 Å². The van der Waals surface area contributed by atoms with Crippen LogP contribution < -0.4 is 72.5 Å². The first kappa shape index (κ1) is 27.6. The number of nitrogens with zero attached hydrogens (tertiary/aromatic N) is 3. The topological polar surface area (TPSA) is 219 Å². The molecule has 0 bridgehead atoms. The van der Waals surface area contributed by atoms with Crippen LogP contribution in [0.1, 0.15) is 0 Å². The third kappa shape index (κ3) is 6.49. The van der Waals surface area contributed by atoms with E-state index < -0.39 is 36.2 Å². The summed E-state index contributed by atoms with van der Waals surface area (Å²) >= 11 is 0. The fraction of sp³-hybridized carbons (Fsp3) is 0.0526. The molecule has 3 rings (SSSR count). The minimum Gasteiger partial charge on any atom is -0.744 e. The van der Waals surface area contributed by atoms with E-state index in [0.29, 0.717) is 0 Å². The van der Waals surface area contributed by atoms with Crippen molar-refractivity contribution in [2.24, 2.45) is 10.2 Å². The zero-order valence-electron chi connectivity index (χ0n) is 18.2. The number of nitrogens with two attached hydrogens (primary N) is 1. The maximum Gasteiger partial charge on any atom is 1.00 e. The molecule has 0 aliphatic carbocycles. The molecule has 0 amide bonds. The van der Waals surface area contributed by atoms with Gasteiger partial charge in [-0.05, 0) is 42.5 Å². The first-order chi connectivity index (χ1) is 16.0. The summed E-state index contributed by atoms with van der Waals surface area (Å²) in [5.74, 6) is 0.131. The molecule has 0 aliphatic rings. The molecule has 3 aromatic rings. The summed E-state index contributed by atoms with van der Waals surface area (Å²) in [6, 6.07) is 9.00. The predicted molar refractivity (Wildman–Crippen MR) is 118 cm³/mol. The van der Waals surface area contributed by atoms with Crippen LogP contribution in [0.15, 0.2) is 73.2 Å². The number of hydrogen-bond donors (Lipinski definition) is 3. The minimum absolute atomic E-state index is 0. The molecule has 0 atom stereocenters. The molecule has 35 heavy (non-hydrogen) atoms. The molecule has 0 aromatic heterocycles. The Kier molecular flexibility index (Phi) is 8.83. The van der Waals surface area contributed by atoms with E-state index in [-0.39, 0.29) is 63.4 Å². The van der Waals surface area contributed by atoms with Crippen molar-refractivity contribution in [1.82, 2.24) is 0 Å². The summed E-state index contributed by atoms with van der Waals surface area (Å²) in [5, 5.41) is 17.6. The first-order valence-electron chi connectivity index (χ1n) is 9.13. The van der Waals surface area contributed by atoms with Crippen molar-refractivity contribution >= 4 is 32.9 Å². The van der Waals surface area contributed by atoms with Crippen LogP contribution in [0.2, 0.25) is 0 Å². The Balaban J connectivity index is 0.00000432. The van der Waals surface area contributed by atoms with Crippen molar-refractivity contribution in [3.63, 3.8) is 0 Å². The second-order valence-corrected chi connectivity index (χ2v) is 7.93. The van der Waals surface area contributed by atoms with Crippen molar-refractivity contribution in [2.75, 3.05) is 23.7 Å². The quantitative estimate of drug-likeness (QED) is 0.0932. The van der Waals surface area contributed by atoms with E-state index in [4.69, 9.17) is 10.5 Å². The van der Waals surface area contributed by atoms with Gasteiger partial charge in [-0.2, -0.15) is 10.2 Å². The summed E-state index contributed by atoms with van der Waals surface area (Å²) in [4.78, 5) is 34.4. The standard InChI is InChI=1S/C19H16N6O8S.Na/c1-33-17-7-3-11(34(30,31)32)9-14(17)23-22-13-4-6-16(26)18(19(13)27)24-21-10-2-5-15(25(28)29)12(20)8-10;/h2-9,21,23H,20H2,1H3,(H,30,31,32);/q;+1/p-1. The number of rotatable bonds is 7. The molecule has 14 nitrogen and oxygen atoms in total. The van der Waals surface area contributed by atoms with Gasteiger partial charge in [-0.1, -0.05) is 0 Å². The van der Waals surface area contributed by atoms with Crippen LogP contribution in [-0.2, 0) is 10.1 Å². The van der Waals surface area contributed by atoms with Gasteiger partial charge in [0.1, 0.15) is 26.9 Å². The number of ether oxygens (including phenoxy) is 1. The third-order valence-electron chi connectivity index (χ3n) is 4.35. The Bertz CT molecular complexity index is 1620.